The molecule has 0 heterocycles. The minimum atomic E-state index is -0.203. The van der Waals surface area contributed by atoms with Gasteiger partial charge in [-0.15, -0.1) is 0 Å². The van der Waals surface area contributed by atoms with Crippen molar-refractivity contribution in [3.05, 3.63) is 65.2 Å². The van der Waals surface area contributed by atoms with Crippen molar-refractivity contribution in [2.75, 3.05) is 13.7 Å². The fraction of sp³-hybridized carbons (Fsp3) is 0.222. The van der Waals surface area contributed by atoms with Gasteiger partial charge in [-0.05, 0) is 37.1 Å². The molecule has 2 aromatic carbocycles. The van der Waals surface area contributed by atoms with Gasteiger partial charge in [0, 0.05) is 7.05 Å². The number of nitrogens with zero attached hydrogens (tertiary/aromatic N) is 2. The lowest BCUT2D eigenvalue weighted by molar-refractivity contribution is -0.132. The first-order chi connectivity index (χ1) is 10.6. The van der Waals surface area contributed by atoms with Crippen LogP contribution >= 0.6 is 0 Å². The first kappa shape index (κ1) is 15.8. The molecule has 0 aliphatic rings. The molecule has 2 rings (SSSR count). The lowest BCUT2D eigenvalue weighted by Gasteiger charge is -2.12. The van der Waals surface area contributed by atoms with E-state index in [1.165, 1.54) is 5.01 Å². The Morgan fingerprint density at radius 3 is 2.50 bits per heavy atom. The Morgan fingerprint density at radius 2 is 1.82 bits per heavy atom. The van der Waals surface area contributed by atoms with E-state index in [0.717, 1.165) is 16.7 Å². The highest BCUT2D eigenvalue weighted by Crippen LogP contribution is 2.11. The average Bonchev–Trinajstić information content (AvgIpc) is 2.53. The van der Waals surface area contributed by atoms with E-state index in [2.05, 4.69) is 5.10 Å². The molecule has 0 radical (unpaired) electrons. The molecule has 0 unspecified atom stereocenters. The van der Waals surface area contributed by atoms with E-state index < -0.39 is 0 Å². The van der Waals surface area contributed by atoms with Crippen molar-refractivity contribution >= 4 is 12.1 Å². The third-order valence-electron chi connectivity index (χ3n) is 3.30. The van der Waals surface area contributed by atoms with E-state index >= 15 is 0 Å². The molecular formula is C18H20N2O2. The van der Waals surface area contributed by atoms with Gasteiger partial charge in [0.15, 0.2) is 6.61 Å². The first-order valence-electron chi connectivity index (χ1n) is 7.12. The summed E-state index contributed by atoms with van der Waals surface area (Å²) in [7, 11) is 1.62. The maximum atomic E-state index is 12.0. The van der Waals surface area contributed by atoms with Crippen LogP contribution in [0.2, 0.25) is 0 Å². The second-order valence-electron chi connectivity index (χ2n) is 5.12. The topological polar surface area (TPSA) is 41.9 Å². The summed E-state index contributed by atoms with van der Waals surface area (Å²) in [6, 6.07) is 15.5. The first-order valence-corrected chi connectivity index (χ1v) is 7.12. The predicted octanol–water partition coefficient (Wildman–Crippen LogP) is 3.17. The number of benzene rings is 2. The lowest BCUT2D eigenvalue weighted by Crippen LogP contribution is -2.27. The zero-order valence-electron chi connectivity index (χ0n) is 13.1. The van der Waals surface area contributed by atoms with Gasteiger partial charge in [0.05, 0.1) is 6.21 Å². The van der Waals surface area contributed by atoms with Crippen LogP contribution in [0.25, 0.3) is 0 Å². The molecule has 1 amide bonds. The Balaban J connectivity index is 1.89. The Bertz CT molecular complexity index is 663. The van der Waals surface area contributed by atoms with Crippen LogP contribution in [0, 0.1) is 13.8 Å². The maximum Gasteiger partial charge on any atom is 0.280 e. The van der Waals surface area contributed by atoms with Crippen LogP contribution < -0.4 is 4.74 Å². The number of aryl methyl sites for hydroxylation is 2. The van der Waals surface area contributed by atoms with Crippen molar-refractivity contribution in [3.8, 4) is 5.75 Å². The number of rotatable bonds is 5. The number of hydrogen-bond acceptors (Lipinski definition) is 3. The summed E-state index contributed by atoms with van der Waals surface area (Å²) >= 11 is 0. The molecule has 0 saturated heterocycles. The SMILES string of the molecule is Cc1ccc(OCC(=O)N(C)/N=C/c2ccccc2C)cc1. The molecule has 4 nitrogen and oxygen atoms in total. The van der Waals surface area contributed by atoms with Gasteiger partial charge in [0.2, 0.25) is 0 Å². The summed E-state index contributed by atoms with van der Waals surface area (Å²) in [5.74, 6) is 0.473. The van der Waals surface area contributed by atoms with E-state index in [1.54, 1.807) is 13.3 Å². The van der Waals surface area contributed by atoms with E-state index in [-0.39, 0.29) is 12.5 Å². The minimum absolute atomic E-state index is 0.0370. The Labute approximate surface area is 131 Å². The molecule has 0 N–H and O–H groups in total. The fourth-order valence-electron chi connectivity index (χ4n) is 1.82. The van der Waals surface area contributed by atoms with Gasteiger partial charge in [-0.1, -0.05) is 42.0 Å². The number of amides is 1. The van der Waals surface area contributed by atoms with Crippen LogP contribution in [-0.4, -0.2) is 30.8 Å². The fourth-order valence-corrected chi connectivity index (χ4v) is 1.82. The summed E-state index contributed by atoms with van der Waals surface area (Å²) in [5, 5.41) is 5.45. The smallest absolute Gasteiger partial charge is 0.280 e. The second-order valence-corrected chi connectivity index (χ2v) is 5.12. The molecule has 0 saturated carbocycles. The van der Waals surface area contributed by atoms with Gasteiger partial charge in [0.1, 0.15) is 5.75 Å². The largest absolute Gasteiger partial charge is 0.484 e. The molecule has 0 spiro atoms. The summed E-state index contributed by atoms with van der Waals surface area (Å²) in [6.07, 6.45) is 1.68. The van der Waals surface area contributed by atoms with Gasteiger partial charge in [-0.2, -0.15) is 5.10 Å². The normalized spacial score (nSPS) is 10.7. The summed E-state index contributed by atoms with van der Waals surface area (Å²) in [5.41, 5.74) is 3.25. The van der Waals surface area contributed by atoms with Gasteiger partial charge in [0.25, 0.3) is 5.91 Å². The molecule has 0 aromatic heterocycles. The van der Waals surface area contributed by atoms with Crippen LogP contribution in [0.3, 0.4) is 0 Å². The van der Waals surface area contributed by atoms with E-state index in [4.69, 9.17) is 4.74 Å². The van der Waals surface area contributed by atoms with Crippen molar-refractivity contribution < 1.29 is 9.53 Å². The number of ether oxygens (including phenoxy) is 1. The van der Waals surface area contributed by atoms with Gasteiger partial charge < -0.3 is 4.74 Å². The highest BCUT2D eigenvalue weighted by Gasteiger charge is 2.08. The third kappa shape index (κ3) is 4.45. The van der Waals surface area contributed by atoms with Crippen LogP contribution in [0.15, 0.2) is 53.6 Å². The summed E-state index contributed by atoms with van der Waals surface area (Å²) in [4.78, 5) is 12.0. The quantitative estimate of drug-likeness (QED) is 0.628. The van der Waals surface area contributed by atoms with E-state index in [0.29, 0.717) is 5.75 Å². The predicted molar refractivity (Wildman–Crippen MR) is 88.2 cm³/mol. The monoisotopic (exact) mass is 296 g/mol. The standard InChI is InChI=1S/C18H20N2O2/c1-14-8-10-17(11-9-14)22-13-18(21)20(3)19-12-16-7-5-4-6-15(16)2/h4-12H,13H2,1-3H3/b19-12+. The number of carbonyl (C=O) groups excluding carboxylic acids is 1. The van der Waals surface area contributed by atoms with Gasteiger partial charge in [-0.3, -0.25) is 4.79 Å². The van der Waals surface area contributed by atoms with Crippen molar-refractivity contribution in [1.82, 2.24) is 5.01 Å². The Morgan fingerprint density at radius 1 is 1.14 bits per heavy atom. The number of likely N-dealkylation sites (N-methyl/N-ethyl adjacent to an activating group) is 1. The zero-order valence-corrected chi connectivity index (χ0v) is 13.1. The molecule has 2 aromatic rings. The molecule has 4 heteroatoms. The molecule has 0 fully saturated rings. The Hall–Kier alpha value is -2.62. The van der Waals surface area contributed by atoms with Crippen LogP contribution in [-0.2, 0) is 4.79 Å². The van der Waals surface area contributed by atoms with Crippen molar-refractivity contribution in [1.29, 1.82) is 0 Å². The molecule has 0 atom stereocenters. The number of carbonyl (C=O) groups is 1. The van der Waals surface area contributed by atoms with E-state index in [1.807, 2.05) is 62.4 Å². The van der Waals surface area contributed by atoms with Gasteiger partial charge in [-0.25, -0.2) is 5.01 Å². The number of hydrogen-bond donors (Lipinski definition) is 0. The molecule has 114 valence electrons. The molecule has 0 aliphatic heterocycles. The molecular weight excluding hydrogens is 276 g/mol. The zero-order chi connectivity index (χ0) is 15.9. The second kappa shape index (κ2) is 7.41. The van der Waals surface area contributed by atoms with Crippen LogP contribution in [0.1, 0.15) is 16.7 Å². The van der Waals surface area contributed by atoms with Crippen molar-refractivity contribution in [2.24, 2.45) is 5.10 Å². The average molecular weight is 296 g/mol. The molecule has 22 heavy (non-hydrogen) atoms. The maximum absolute atomic E-state index is 12.0. The highest BCUT2D eigenvalue weighted by atomic mass is 16.5. The highest BCUT2D eigenvalue weighted by molar-refractivity contribution is 5.84. The van der Waals surface area contributed by atoms with Crippen LogP contribution in [0.4, 0.5) is 0 Å². The molecule has 0 aliphatic carbocycles. The third-order valence-corrected chi connectivity index (χ3v) is 3.30. The molecule has 0 bridgehead atoms. The van der Waals surface area contributed by atoms with Crippen LogP contribution in [0.5, 0.6) is 5.75 Å². The van der Waals surface area contributed by atoms with E-state index in [9.17, 15) is 4.79 Å². The van der Waals surface area contributed by atoms with Gasteiger partial charge >= 0.3 is 0 Å². The summed E-state index contributed by atoms with van der Waals surface area (Å²) < 4.78 is 5.45. The van der Waals surface area contributed by atoms with Crippen molar-refractivity contribution in [2.45, 2.75) is 13.8 Å². The van der Waals surface area contributed by atoms with Crippen molar-refractivity contribution in [3.63, 3.8) is 0 Å². The summed E-state index contributed by atoms with van der Waals surface area (Å²) in [6.45, 7) is 3.97. The number of hydrazone groups is 1. The Kier molecular flexibility index (Phi) is 5.31. The lowest BCUT2D eigenvalue weighted by atomic mass is 10.1. The minimum Gasteiger partial charge on any atom is -0.484 e.